The number of phenolic OH excluding ortho intramolecular Hbond substituents is 1. The Morgan fingerprint density at radius 3 is 2.24 bits per heavy atom. The molecule has 180 valence electrons. The predicted molar refractivity (Wildman–Crippen MR) is 133 cm³/mol. The number of nitrogens with two attached hydrogens (primary N) is 3. The lowest BCUT2D eigenvalue weighted by Crippen LogP contribution is -2.54. The first-order chi connectivity index (χ1) is 16.5. The third kappa shape index (κ3) is 4.35. The molecule has 3 fully saturated rings. The molecule has 4 heterocycles. The lowest BCUT2D eigenvalue weighted by molar-refractivity contribution is 0.275. The Bertz CT molecular complexity index is 1060. The topological polar surface area (TPSA) is 143 Å². The van der Waals surface area contributed by atoms with Crippen molar-refractivity contribution in [1.29, 1.82) is 0 Å². The summed E-state index contributed by atoms with van der Waals surface area (Å²) in [5.74, 6) is 1.70. The van der Waals surface area contributed by atoms with Crippen molar-refractivity contribution in [2.24, 2.45) is 17.2 Å². The number of piperidine rings is 1. The molecule has 3 aliphatic heterocycles. The Balaban J connectivity index is 1.33. The number of fused-ring (bicyclic) bond motifs is 2. The Kier molecular flexibility index (Phi) is 6.19. The lowest BCUT2D eigenvalue weighted by atomic mass is 9.92. The van der Waals surface area contributed by atoms with E-state index in [0.29, 0.717) is 22.9 Å². The second-order valence-corrected chi connectivity index (χ2v) is 9.50. The van der Waals surface area contributed by atoms with Crippen LogP contribution in [0.4, 0.5) is 5.95 Å². The van der Waals surface area contributed by atoms with Gasteiger partial charge in [-0.2, -0.15) is 0 Å². The summed E-state index contributed by atoms with van der Waals surface area (Å²) in [6.07, 6.45) is 10.2. The number of aromatic hydroxyl groups is 1. The molecule has 0 saturated carbocycles. The van der Waals surface area contributed by atoms with Crippen LogP contribution in [0.15, 0.2) is 54.3 Å². The van der Waals surface area contributed by atoms with E-state index in [1.54, 1.807) is 24.3 Å². The molecule has 9 nitrogen and oxygen atoms in total. The fourth-order valence-corrected chi connectivity index (χ4v) is 5.56. The van der Waals surface area contributed by atoms with E-state index in [0.717, 1.165) is 57.8 Å². The van der Waals surface area contributed by atoms with E-state index >= 15 is 0 Å². The molecule has 3 aliphatic rings. The van der Waals surface area contributed by atoms with Crippen LogP contribution in [0, 0.1) is 0 Å². The van der Waals surface area contributed by atoms with Crippen LogP contribution in [0.2, 0.25) is 0 Å². The number of para-hydroxylation sites is 1. The second-order valence-electron chi connectivity index (χ2n) is 9.50. The molecular formula is C25H34N8O. The van der Waals surface area contributed by atoms with Gasteiger partial charge in [0.05, 0.1) is 5.70 Å². The van der Waals surface area contributed by atoms with Crippen LogP contribution in [0.25, 0.3) is 5.70 Å². The van der Waals surface area contributed by atoms with Crippen molar-refractivity contribution in [1.82, 2.24) is 20.2 Å². The van der Waals surface area contributed by atoms with E-state index < -0.39 is 0 Å². The highest BCUT2D eigenvalue weighted by molar-refractivity contribution is 5.70. The maximum absolute atomic E-state index is 10.2. The molecule has 0 radical (unpaired) electrons. The van der Waals surface area contributed by atoms with Gasteiger partial charge in [-0.25, -0.2) is 9.97 Å². The quantitative estimate of drug-likeness (QED) is 0.417. The molecule has 8 N–H and O–H groups in total. The minimum atomic E-state index is 0.126. The first-order valence-corrected chi connectivity index (χ1v) is 12.1. The molecular weight excluding hydrogens is 428 g/mol. The second kappa shape index (κ2) is 9.42. The van der Waals surface area contributed by atoms with Gasteiger partial charge in [-0.1, -0.05) is 12.1 Å². The van der Waals surface area contributed by atoms with Crippen molar-refractivity contribution in [3.8, 4) is 5.75 Å². The summed E-state index contributed by atoms with van der Waals surface area (Å²) < 4.78 is 0. The number of likely N-dealkylation sites (tertiary alicyclic amines) is 1. The summed E-state index contributed by atoms with van der Waals surface area (Å²) in [5.41, 5.74) is 21.4. The van der Waals surface area contributed by atoms with Gasteiger partial charge in [-0.15, -0.1) is 0 Å². The van der Waals surface area contributed by atoms with Crippen molar-refractivity contribution in [3.63, 3.8) is 0 Å². The van der Waals surface area contributed by atoms with Crippen LogP contribution in [-0.2, 0) is 0 Å². The Morgan fingerprint density at radius 2 is 1.62 bits per heavy atom. The Labute approximate surface area is 200 Å². The molecule has 0 aliphatic carbocycles. The molecule has 34 heavy (non-hydrogen) atoms. The zero-order valence-electron chi connectivity index (χ0n) is 19.4. The molecule has 2 unspecified atom stereocenters. The summed E-state index contributed by atoms with van der Waals surface area (Å²) in [6.45, 7) is 3.63. The predicted octanol–water partition coefficient (Wildman–Crippen LogP) is 1.39. The smallest absolute Gasteiger partial charge is 0.225 e. The standard InChI is InChI=1S/C25H34N8O/c26-21(20-3-1-2-4-23(20)34)11-22(24(27)28)32-14-18-5-6-19(15-32)33(18)25-30-12-17(13-31-25)16-7-9-29-10-8-16/h1-4,11-13,16,18-19,29,34H,5-10,14-15,26-28H2/b21-11-. The third-order valence-corrected chi connectivity index (χ3v) is 7.33. The first kappa shape index (κ1) is 22.3. The first-order valence-electron chi connectivity index (χ1n) is 12.1. The summed E-state index contributed by atoms with van der Waals surface area (Å²) in [5, 5.41) is 13.6. The molecule has 3 saturated heterocycles. The summed E-state index contributed by atoms with van der Waals surface area (Å²) in [6, 6.07) is 7.53. The van der Waals surface area contributed by atoms with Crippen molar-refractivity contribution in [2.75, 3.05) is 31.1 Å². The van der Waals surface area contributed by atoms with Gasteiger partial charge in [0.25, 0.3) is 0 Å². The monoisotopic (exact) mass is 462 g/mol. The van der Waals surface area contributed by atoms with Crippen molar-refractivity contribution in [3.05, 3.63) is 65.4 Å². The van der Waals surface area contributed by atoms with Crippen LogP contribution >= 0.6 is 0 Å². The number of nitrogens with one attached hydrogen (secondary N) is 1. The molecule has 0 spiro atoms. The number of piperazine rings is 1. The van der Waals surface area contributed by atoms with Gasteiger partial charge in [-0.3, -0.25) is 0 Å². The van der Waals surface area contributed by atoms with Crippen LogP contribution in [0.3, 0.4) is 0 Å². The van der Waals surface area contributed by atoms with E-state index in [-0.39, 0.29) is 23.7 Å². The van der Waals surface area contributed by atoms with E-state index in [4.69, 9.17) is 27.2 Å². The number of hydrogen-bond acceptors (Lipinski definition) is 9. The van der Waals surface area contributed by atoms with E-state index in [1.165, 1.54) is 5.56 Å². The Hall–Kier alpha value is -3.46. The highest BCUT2D eigenvalue weighted by Gasteiger charge is 2.42. The fraction of sp³-hybridized carbons (Fsp3) is 0.440. The molecule has 2 atom stereocenters. The van der Waals surface area contributed by atoms with Crippen LogP contribution in [0.1, 0.15) is 42.7 Å². The third-order valence-electron chi connectivity index (χ3n) is 7.33. The number of aromatic nitrogens is 2. The minimum absolute atomic E-state index is 0.126. The zero-order chi connectivity index (χ0) is 23.7. The fourth-order valence-electron chi connectivity index (χ4n) is 5.56. The summed E-state index contributed by atoms with van der Waals surface area (Å²) in [4.78, 5) is 14.1. The van der Waals surface area contributed by atoms with Crippen LogP contribution < -0.4 is 27.4 Å². The molecule has 1 aromatic heterocycles. The molecule has 2 bridgehead atoms. The highest BCUT2D eigenvalue weighted by Crippen LogP contribution is 2.35. The average Bonchev–Trinajstić information content (AvgIpc) is 3.12. The molecule has 2 aromatic rings. The number of rotatable bonds is 5. The minimum Gasteiger partial charge on any atom is -0.507 e. The van der Waals surface area contributed by atoms with Crippen molar-refractivity contribution < 1.29 is 5.11 Å². The van der Waals surface area contributed by atoms with Crippen LogP contribution in [-0.4, -0.2) is 58.2 Å². The number of anilines is 1. The highest BCUT2D eigenvalue weighted by atomic mass is 16.3. The van der Waals surface area contributed by atoms with E-state index in [9.17, 15) is 5.11 Å². The van der Waals surface area contributed by atoms with Crippen LogP contribution in [0.5, 0.6) is 5.75 Å². The largest absolute Gasteiger partial charge is 0.507 e. The van der Waals surface area contributed by atoms with Gasteiger partial charge in [0, 0.05) is 48.8 Å². The maximum atomic E-state index is 10.2. The Morgan fingerprint density at radius 1 is 0.971 bits per heavy atom. The number of benzene rings is 1. The molecule has 0 amide bonds. The molecule has 1 aromatic carbocycles. The number of nitrogens with zero attached hydrogens (tertiary/aromatic N) is 4. The normalized spacial score (nSPS) is 23.2. The van der Waals surface area contributed by atoms with E-state index in [1.807, 2.05) is 18.5 Å². The molecule has 5 rings (SSSR count). The lowest BCUT2D eigenvalue weighted by Gasteiger charge is -2.42. The van der Waals surface area contributed by atoms with Gasteiger partial charge < -0.3 is 37.4 Å². The van der Waals surface area contributed by atoms with Crippen molar-refractivity contribution >= 4 is 11.6 Å². The molecule has 9 heteroatoms. The van der Waals surface area contributed by atoms with Crippen molar-refractivity contribution in [2.45, 2.75) is 43.7 Å². The van der Waals surface area contributed by atoms with E-state index in [2.05, 4.69) is 15.1 Å². The van der Waals surface area contributed by atoms with Gasteiger partial charge in [0.2, 0.25) is 5.95 Å². The average molecular weight is 463 g/mol. The van der Waals surface area contributed by atoms with Gasteiger partial charge in [-0.05, 0) is 68.5 Å². The summed E-state index contributed by atoms with van der Waals surface area (Å²) in [7, 11) is 0. The van der Waals surface area contributed by atoms with Gasteiger partial charge >= 0.3 is 0 Å². The number of phenols is 1. The summed E-state index contributed by atoms with van der Waals surface area (Å²) >= 11 is 0. The zero-order valence-corrected chi connectivity index (χ0v) is 19.4. The number of allylic oxidation sites excluding steroid dienone is 1. The number of hydrogen-bond donors (Lipinski definition) is 5. The van der Waals surface area contributed by atoms with Gasteiger partial charge in [0.1, 0.15) is 11.6 Å². The maximum Gasteiger partial charge on any atom is 0.225 e. The van der Waals surface area contributed by atoms with Gasteiger partial charge in [0.15, 0.2) is 0 Å². The SMILES string of the molecule is NC(N)=C(/C=C(\N)c1ccccc1O)N1CC2CCC(C1)N2c1ncc(C2CCNCC2)cn1.